The highest BCUT2D eigenvalue weighted by molar-refractivity contribution is 5.75. The van der Waals surface area contributed by atoms with E-state index >= 15 is 0 Å². The van der Waals surface area contributed by atoms with E-state index in [0.717, 1.165) is 17.7 Å². The van der Waals surface area contributed by atoms with Gasteiger partial charge in [-0.2, -0.15) is 0 Å². The van der Waals surface area contributed by atoms with Crippen molar-refractivity contribution in [1.29, 1.82) is 0 Å². The maximum atomic E-state index is 12.1. The fourth-order valence-corrected chi connectivity index (χ4v) is 2.72. The van der Waals surface area contributed by atoms with Crippen molar-refractivity contribution < 1.29 is 24.2 Å². The molecule has 0 unspecified atom stereocenters. The molecular weight excluding hydrogens is 324 g/mol. The first-order chi connectivity index (χ1) is 12.1. The Hall–Kier alpha value is -2.28. The van der Waals surface area contributed by atoms with Gasteiger partial charge in [-0.05, 0) is 30.5 Å². The lowest BCUT2D eigenvalue weighted by atomic mass is 9.97. The number of methoxy groups -OCH3 is 1. The highest BCUT2D eigenvalue weighted by Crippen LogP contribution is 2.17. The molecule has 0 aromatic heterocycles. The average Bonchev–Trinajstić information content (AvgIpc) is 2.64. The van der Waals surface area contributed by atoms with E-state index in [-0.39, 0.29) is 11.9 Å². The van der Waals surface area contributed by atoms with Crippen molar-refractivity contribution in [2.75, 3.05) is 33.4 Å². The van der Waals surface area contributed by atoms with Crippen molar-refractivity contribution in [3.8, 4) is 5.75 Å². The number of rotatable bonds is 8. The number of carbonyl (C=O) groups excluding carboxylic acids is 1. The summed E-state index contributed by atoms with van der Waals surface area (Å²) in [6.07, 6.45) is 1.86. The first kappa shape index (κ1) is 19.1. The molecule has 1 aliphatic rings. The second-order valence-electron chi connectivity index (χ2n) is 6.10. The van der Waals surface area contributed by atoms with Gasteiger partial charge in [0.05, 0.1) is 12.5 Å². The number of carbonyl (C=O) groups is 2. The summed E-state index contributed by atoms with van der Waals surface area (Å²) in [6, 6.07) is 7.45. The van der Waals surface area contributed by atoms with E-state index in [9.17, 15) is 9.59 Å². The number of benzene rings is 1. The molecule has 138 valence electrons. The van der Waals surface area contributed by atoms with Gasteiger partial charge in [-0.3, -0.25) is 4.79 Å². The number of hydrogen-bond donors (Lipinski definition) is 2. The SMILES string of the molecule is COCCCOc1ccc(CNC(=O)N2CCC(C(=O)O)CC2)cc1. The normalized spacial score (nSPS) is 15.0. The quantitative estimate of drug-likeness (QED) is 0.701. The van der Waals surface area contributed by atoms with Crippen LogP contribution in [0.2, 0.25) is 0 Å². The Bertz CT molecular complexity index is 553. The van der Waals surface area contributed by atoms with Crippen molar-refractivity contribution in [2.24, 2.45) is 5.92 Å². The Morgan fingerprint density at radius 1 is 1.20 bits per heavy atom. The fraction of sp³-hybridized carbons (Fsp3) is 0.556. The minimum absolute atomic E-state index is 0.149. The number of piperidine rings is 1. The lowest BCUT2D eigenvalue weighted by molar-refractivity contribution is -0.143. The first-order valence-corrected chi connectivity index (χ1v) is 8.56. The maximum absolute atomic E-state index is 12.1. The van der Waals surface area contributed by atoms with Crippen molar-refractivity contribution in [1.82, 2.24) is 10.2 Å². The van der Waals surface area contributed by atoms with Gasteiger partial charge in [-0.1, -0.05) is 12.1 Å². The zero-order valence-electron chi connectivity index (χ0n) is 14.6. The van der Waals surface area contributed by atoms with Gasteiger partial charge < -0.3 is 24.8 Å². The van der Waals surface area contributed by atoms with Crippen molar-refractivity contribution >= 4 is 12.0 Å². The number of urea groups is 1. The van der Waals surface area contributed by atoms with Crippen LogP contribution in [0.4, 0.5) is 4.79 Å². The number of likely N-dealkylation sites (tertiary alicyclic amines) is 1. The molecule has 2 N–H and O–H groups in total. The van der Waals surface area contributed by atoms with Crippen LogP contribution >= 0.6 is 0 Å². The van der Waals surface area contributed by atoms with Crippen molar-refractivity contribution in [3.05, 3.63) is 29.8 Å². The monoisotopic (exact) mass is 350 g/mol. The van der Waals surface area contributed by atoms with E-state index in [2.05, 4.69) is 5.32 Å². The van der Waals surface area contributed by atoms with Gasteiger partial charge in [0.15, 0.2) is 0 Å². The Kier molecular flexibility index (Phi) is 7.53. The predicted octanol–water partition coefficient (Wildman–Crippen LogP) is 2.11. The summed E-state index contributed by atoms with van der Waals surface area (Å²) in [5.41, 5.74) is 0.984. The molecule has 1 saturated heterocycles. The van der Waals surface area contributed by atoms with Gasteiger partial charge in [-0.15, -0.1) is 0 Å². The summed E-state index contributed by atoms with van der Waals surface area (Å²) in [5, 5.41) is 11.9. The van der Waals surface area contributed by atoms with E-state index in [1.165, 1.54) is 0 Å². The molecule has 1 aromatic carbocycles. The van der Waals surface area contributed by atoms with E-state index < -0.39 is 5.97 Å². The predicted molar refractivity (Wildman–Crippen MR) is 92.6 cm³/mol. The Balaban J connectivity index is 1.70. The van der Waals surface area contributed by atoms with Gasteiger partial charge >= 0.3 is 12.0 Å². The largest absolute Gasteiger partial charge is 0.494 e. The molecule has 1 fully saturated rings. The second-order valence-corrected chi connectivity index (χ2v) is 6.10. The van der Waals surface area contributed by atoms with Crippen LogP contribution in [0.5, 0.6) is 5.75 Å². The zero-order chi connectivity index (χ0) is 18.1. The molecule has 0 bridgehead atoms. The first-order valence-electron chi connectivity index (χ1n) is 8.56. The molecule has 0 atom stereocenters. The maximum Gasteiger partial charge on any atom is 0.317 e. The molecule has 1 heterocycles. The smallest absolute Gasteiger partial charge is 0.317 e. The zero-order valence-corrected chi connectivity index (χ0v) is 14.6. The third-order valence-corrected chi connectivity index (χ3v) is 4.26. The highest BCUT2D eigenvalue weighted by atomic mass is 16.5. The molecule has 0 spiro atoms. The standard InChI is InChI=1S/C18H26N2O5/c1-24-11-2-12-25-16-5-3-14(4-6-16)13-19-18(23)20-9-7-15(8-10-20)17(21)22/h3-6,15H,2,7-13H2,1H3,(H,19,23)(H,21,22). The topological polar surface area (TPSA) is 88.1 Å². The Morgan fingerprint density at radius 2 is 1.88 bits per heavy atom. The molecular formula is C18H26N2O5. The van der Waals surface area contributed by atoms with Crippen LogP contribution in [0.25, 0.3) is 0 Å². The van der Waals surface area contributed by atoms with Crippen LogP contribution in [0, 0.1) is 5.92 Å². The molecule has 2 amide bonds. The summed E-state index contributed by atoms with van der Waals surface area (Å²) < 4.78 is 10.6. The van der Waals surface area contributed by atoms with Crippen LogP contribution in [-0.4, -0.2) is 55.4 Å². The number of ether oxygens (including phenoxy) is 2. The van der Waals surface area contributed by atoms with Crippen LogP contribution in [0.15, 0.2) is 24.3 Å². The van der Waals surface area contributed by atoms with E-state index in [1.807, 2.05) is 24.3 Å². The van der Waals surface area contributed by atoms with E-state index in [4.69, 9.17) is 14.6 Å². The Labute approximate surface area is 147 Å². The average molecular weight is 350 g/mol. The van der Waals surface area contributed by atoms with Gasteiger partial charge in [-0.25, -0.2) is 4.79 Å². The molecule has 7 nitrogen and oxygen atoms in total. The molecule has 0 saturated carbocycles. The van der Waals surface area contributed by atoms with Gasteiger partial charge in [0.2, 0.25) is 0 Å². The lowest BCUT2D eigenvalue weighted by Gasteiger charge is -2.30. The van der Waals surface area contributed by atoms with Crippen LogP contribution in [-0.2, 0) is 16.1 Å². The number of nitrogens with zero attached hydrogens (tertiary/aromatic N) is 1. The highest BCUT2D eigenvalue weighted by Gasteiger charge is 2.26. The number of hydrogen-bond acceptors (Lipinski definition) is 4. The molecule has 0 aliphatic carbocycles. The fourth-order valence-electron chi connectivity index (χ4n) is 2.72. The molecule has 1 aliphatic heterocycles. The molecule has 25 heavy (non-hydrogen) atoms. The summed E-state index contributed by atoms with van der Waals surface area (Å²) in [5.74, 6) is -0.313. The number of nitrogens with one attached hydrogen (secondary N) is 1. The molecule has 7 heteroatoms. The van der Waals surface area contributed by atoms with Gasteiger partial charge in [0.25, 0.3) is 0 Å². The summed E-state index contributed by atoms with van der Waals surface area (Å²) in [7, 11) is 1.66. The van der Waals surface area contributed by atoms with E-state index in [1.54, 1.807) is 12.0 Å². The Morgan fingerprint density at radius 3 is 2.48 bits per heavy atom. The molecule has 2 rings (SSSR count). The minimum atomic E-state index is -0.774. The number of carboxylic acids is 1. The summed E-state index contributed by atoms with van der Waals surface area (Å²) >= 11 is 0. The minimum Gasteiger partial charge on any atom is -0.494 e. The van der Waals surface area contributed by atoms with Crippen molar-refractivity contribution in [2.45, 2.75) is 25.8 Å². The van der Waals surface area contributed by atoms with Gasteiger partial charge in [0, 0.05) is 39.8 Å². The van der Waals surface area contributed by atoms with Crippen LogP contribution in [0.1, 0.15) is 24.8 Å². The van der Waals surface area contributed by atoms with Crippen LogP contribution in [0.3, 0.4) is 0 Å². The van der Waals surface area contributed by atoms with Crippen molar-refractivity contribution in [3.63, 3.8) is 0 Å². The van der Waals surface area contributed by atoms with Gasteiger partial charge in [0.1, 0.15) is 5.75 Å². The molecule has 0 radical (unpaired) electrons. The third-order valence-electron chi connectivity index (χ3n) is 4.26. The summed E-state index contributed by atoms with van der Waals surface area (Å²) in [6.45, 7) is 2.68. The second kappa shape index (κ2) is 9.88. The third kappa shape index (κ3) is 6.26. The number of amides is 2. The summed E-state index contributed by atoms with van der Waals surface area (Å²) in [4.78, 5) is 24.8. The van der Waals surface area contributed by atoms with Crippen LogP contribution < -0.4 is 10.1 Å². The van der Waals surface area contributed by atoms with E-state index in [0.29, 0.717) is 45.7 Å². The number of carboxylic acid groups (broad SMARTS) is 1. The number of aliphatic carboxylic acids is 1. The molecule has 1 aromatic rings. The lowest BCUT2D eigenvalue weighted by Crippen LogP contribution is -2.45.